The highest BCUT2D eigenvalue weighted by molar-refractivity contribution is 6.30. The molecule has 8 nitrogen and oxygen atoms in total. The first-order valence-corrected chi connectivity index (χ1v) is 15.6. The fourth-order valence-corrected chi connectivity index (χ4v) is 6.36. The van der Waals surface area contributed by atoms with Gasteiger partial charge >= 0.3 is 5.97 Å². The van der Waals surface area contributed by atoms with Crippen molar-refractivity contribution in [2.24, 2.45) is 11.8 Å². The van der Waals surface area contributed by atoms with Crippen LogP contribution in [0.3, 0.4) is 0 Å². The molecule has 4 atom stereocenters. The number of hydrogen-bond donors (Lipinski definition) is 3. The summed E-state index contributed by atoms with van der Waals surface area (Å²) in [4.78, 5) is 15.0. The maximum Gasteiger partial charge on any atom is 0.335 e. The van der Waals surface area contributed by atoms with Crippen molar-refractivity contribution in [3.63, 3.8) is 0 Å². The highest BCUT2D eigenvalue weighted by Crippen LogP contribution is 2.32. The molecule has 1 aliphatic carbocycles. The Hall–Kier alpha value is -2.62. The summed E-state index contributed by atoms with van der Waals surface area (Å²) in [5, 5.41) is 31.6. The van der Waals surface area contributed by atoms with E-state index >= 15 is 0 Å². The molecular weight excluding hydrogens is 556 g/mol. The van der Waals surface area contributed by atoms with Gasteiger partial charge in [-0.3, -0.25) is 9.80 Å². The number of aliphatic hydroxyl groups excluding tert-OH is 2. The molecule has 3 aromatic rings. The van der Waals surface area contributed by atoms with Crippen LogP contribution < -0.4 is 0 Å². The van der Waals surface area contributed by atoms with Crippen molar-refractivity contribution in [3.05, 3.63) is 83.2 Å². The zero-order valence-corrected chi connectivity index (χ0v) is 25.1. The highest BCUT2D eigenvalue weighted by Gasteiger charge is 2.36. The minimum Gasteiger partial charge on any atom is -0.478 e. The molecule has 2 fully saturated rings. The fourth-order valence-electron chi connectivity index (χ4n) is 6.24. The molecule has 1 aliphatic heterocycles. The maximum absolute atomic E-state index is 11.5. The molecule has 1 saturated heterocycles. The molecule has 1 aromatic carbocycles. The van der Waals surface area contributed by atoms with Gasteiger partial charge in [0.25, 0.3) is 0 Å². The number of halogens is 1. The number of furan rings is 2. The van der Waals surface area contributed by atoms with Crippen molar-refractivity contribution < 1.29 is 28.9 Å². The van der Waals surface area contributed by atoms with Gasteiger partial charge in [0.15, 0.2) is 0 Å². The molecule has 2 aliphatic rings. The number of benzene rings is 1. The average Bonchev–Trinajstić information content (AvgIpc) is 3.69. The molecule has 0 radical (unpaired) electrons. The Morgan fingerprint density at radius 3 is 1.88 bits per heavy atom. The quantitative estimate of drug-likeness (QED) is 0.302. The predicted octanol–water partition coefficient (Wildman–Crippen LogP) is 6.32. The first-order valence-electron chi connectivity index (χ1n) is 15.2. The first kappa shape index (κ1) is 32.3. The van der Waals surface area contributed by atoms with Crippen LogP contribution in [-0.4, -0.2) is 69.5 Å². The number of aliphatic hydroxyl groups is 2. The van der Waals surface area contributed by atoms with Gasteiger partial charge < -0.3 is 24.2 Å². The van der Waals surface area contributed by atoms with E-state index in [0.29, 0.717) is 18.1 Å². The largest absolute Gasteiger partial charge is 0.478 e. The molecule has 3 N–H and O–H groups in total. The number of hydrogen-bond acceptors (Lipinski definition) is 7. The van der Waals surface area contributed by atoms with E-state index in [1.54, 1.807) is 24.7 Å². The number of rotatable bonds is 6. The van der Waals surface area contributed by atoms with Gasteiger partial charge in [0.2, 0.25) is 0 Å². The van der Waals surface area contributed by atoms with Gasteiger partial charge in [-0.1, -0.05) is 43.7 Å². The van der Waals surface area contributed by atoms with Crippen LogP contribution in [0.1, 0.15) is 73.2 Å². The van der Waals surface area contributed by atoms with Crippen LogP contribution in [0.5, 0.6) is 0 Å². The van der Waals surface area contributed by atoms with E-state index < -0.39 is 12.1 Å². The number of β-amino-alcohol motifs (C(OH)–C–C–N with tert-alkyl or cyclic N) is 1. The van der Waals surface area contributed by atoms with Crippen LogP contribution in [0, 0.1) is 11.8 Å². The molecule has 42 heavy (non-hydrogen) atoms. The van der Waals surface area contributed by atoms with Gasteiger partial charge in [0, 0.05) is 24.0 Å². The number of carboxylic acids is 1. The molecule has 5 rings (SSSR count). The van der Waals surface area contributed by atoms with E-state index in [9.17, 15) is 15.0 Å². The van der Waals surface area contributed by atoms with E-state index in [1.807, 2.05) is 24.3 Å². The van der Waals surface area contributed by atoms with Crippen LogP contribution in [0.15, 0.2) is 69.9 Å². The predicted molar refractivity (Wildman–Crippen MR) is 162 cm³/mol. The summed E-state index contributed by atoms with van der Waals surface area (Å²) < 4.78 is 11.2. The van der Waals surface area contributed by atoms with Gasteiger partial charge in [-0.05, 0) is 86.8 Å². The molecule has 1 saturated carbocycles. The molecule has 3 heterocycles. The zero-order valence-electron chi connectivity index (χ0n) is 24.3. The summed E-state index contributed by atoms with van der Waals surface area (Å²) in [6, 6.07) is 13.9. The van der Waals surface area contributed by atoms with Gasteiger partial charge in [-0.25, -0.2) is 4.79 Å². The van der Waals surface area contributed by atoms with Crippen molar-refractivity contribution >= 4 is 17.6 Å². The van der Waals surface area contributed by atoms with Crippen molar-refractivity contribution in [1.29, 1.82) is 0 Å². The normalized spacial score (nSPS) is 25.0. The van der Waals surface area contributed by atoms with Crippen LogP contribution in [0.4, 0.5) is 0 Å². The minimum atomic E-state index is -0.934. The summed E-state index contributed by atoms with van der Waals surface area (Å²) >= 11 is 5.52. The van der Waals surface area contributed by atoms with Crippen LogP contribution in [-0.2, 0) is 13.1 Å². The van der Waals surface area contributed by atoms with Gasteiger partial charge in [-0.2, -0.15) is 0 Å². The number of carboxylic acid groups (broad SMARTS) is 1. The van der Waals surface area contributed by atoms with Crippen molar-refractivity contribution in [1.82, 2.24) is 9.80 Å². The lowest BCUT2D eigenvalue weighted by Crippen LogP contribution is -2.45. The molecule has 230 valence electrons. The van der Waals surface area contributed by atoms with Gasteiger partial charge in [-0.15, -0.1) is 0 Å². The minimum absolute atomic E-state index is 0.0373. The molecule has 0 bridgehead atoms. The zero-order chi connectivity index (χ0) is 29.7. The maximum atomic E-state index is 11.5. The Bertz CT molecular complexity index is 1150. The Balaban J connectivity index is 0.000000343. The Morgan fingerprint density at radius 2 is 1.31 bits per heavy atom. The number of carbonyl (C=O) groups is 1. The number of nitrogens with zero attached hydrogens (tertiary/aromatic N) is 2. The second-order valence-electron chi connectivity index (χ2n) is 11.6. The lowest BCUT2D eigenvalue weighted by Gasteiger charge is -2.37. The smallest absolute Gasteiger partial charge is 0.335 e. The number of aromatic carboxylic acids is 1. The summed E-state index contributed by atoms with van der Waals surface area (Å²) in [6.07, 6.45) is 11.4. The van der Waals surface area contributed by atoms with E-state index in [2.05, 4.69) is 9.80 Å². The SMILES string of the molecule is O=C(O)c1ccc(Cl)cc1.OC1CCCCCCCC1C1CN(Cc2ccco2)CCCN(Cc2ccco2)CC1O. The first-order chi connectivity index (χ1) is 20.4. The van der Waals surface area contributed by atoms with Crippen molar-refractivity contribution in [2.45, 2.75) is 76.7 Å². The van der Waals surface area contributed by atoms with E-state index in [1.165, 1.54) is 31.4 Å². The third-order valence-electron chi connectivity index (χ3n) is 8.45. The second-order valence-corrected chi connectivity index (χ2v) is 12.0. The second kappa shape index (κ2) is 16.9. The lowest BCUT2D eigenvalue weighted by atomic mass is 9.78. The molecular formula is C33H45ClN2O6. The van der Waals surface area contributed by atoms with Gasteiger partial charge in [0.05, 0.1) is 43.4 Å². The van der Waals surface area contributed by atoms with Crippen molar-refractivity contribution in [2.75, 3.05) is 26.2 Å². The summed E-state index contributed by atoms with van der Waals surface area (Å²) in [7, 11) is 0. The Morgan fingerprint density at radius 1 is 0.738 bits per heavy atom. The Kier molecular flexibility index (Phi) is 13.0. The molecule has 4 unspecified atom stereocenters. The van der Waals surface area contributed by atoms with Gasteiger partial charge in [0.1, 0.15) is 11.5 Å². The highest BCUT2D eigenvalue weighted by atomic mass is 35.5. The Labute approximate surface area is 253 Å². The van der Waals surface area contributed by atoms with Crippen LogP contribution >= 0.6 is 11.6 Å². The van der Waals surface area contributed by atoms with E-state index in [0.717, 1.165) is 69.8 Å². The van der Waals surface area contributed by atoms with E-state index in [-0.39, 0.29) is 23.5 Å². The molecule has 0 spiro atoms. The molecule has 2 aromatic heterocycles. The third kappa shape index (κ3) is 10.3. The summed E-state index contributed by atoms with van der Waals surface area (Å²) in [5.41, 5.74) is 0.254. The van der Waals surface area contributed by atoms with Crippen LogP contribution in [0.2, 0.25) is 5.02 Å². The summed E-state index contributed by atoms with van der Waals surface area (Å²) in [5.74, 6) is 1.13. The standard InChI is InChI=1S/C26H40N2O4.C7H5ClO2/c29-25-12-5-3-1-2-4-11-23(25)24-19-27(17-21-9-6-15-31-21)13-8-14-28(20-26(24)30)18-22-10-7-16-32-22;8-6-3-1-5(2-4-6)7(9)10/h6-7,9-10,15-16,23-26,29-30H,1-5,8,11-14,17-20H2;1-4H,(H,9,10). The topological polar surface area (TPSA) is 111 Å². The monoisotopic (exact) mass is 600 g/mol. The van der Waals surface area contributed by atoms with Crippen LogP contribution in [0.25, 0.3) is 0 Å². The summed E-state index contributed by atoms with van der Waals surface area (Å²) in [6.45, 7) is 4.72. The average molecular weight is 601 g/mol. The van der Waals surface area contributed by atoms with E-state index in [4.69, 9.17) is 25.5 Å². The fraction of sp³-hybridized carbons (Fsp3) is 0.545. The third-order valence-corrected chi connectivity index (χ3v) is 8.70. The van der Waals surface area contributed by atoms with Crippen molar-refractivity contribution in [3.8, 4) is 0 Å². The molecule has 0 amide bonds. The molecule has 9 heteroatoms. The lowest BCUT2D eigenvalue weighted by molar-refractivity contribution is -0.0260.